The predicted octanol–water partition coefficient (Wildman–Crippen LogP) is 3.71. The molecule has 1 heterocycles. The van der Waals surface area contributed by atoms with Crippen molar-refractivity contribution in [2.24, 2.45) is 0 Å². The number of carbonyl (C=O) groups is 2. The number of methoxy groups -OCH3 is 1. The Hall–Kier alpha value is -2.66. The Labute approximate surface area is 154 Å². The lowest BCUT2D eigenvalue weighted by atomic mass is 10.1. The number of hydrogen-bond acceptors (Lipinski definition) is 4. The van der Waals surface area contributed by atoms with Crippen molar-refractivity contribution < 1.29 is 14.3 Å². The van der Waals surface area contributed by atoms with Crippen molar-refractivity contribution in [1.29, 1.82) is 0 Å². The highest BCUT2D eigenvalue weighted by Gasteiger charge is 2.12. The summed E-state index contributed by atoms with van der Waals surface area (Å²) in [5.74, 6) is -0.707. The van der Waals surface area contributed by atoms with Crippen molar-refractivity contribution in [1.82, 2.24) is 4.90 Å². The summed E-state index contributed by atoms with van der Waals surface area (Å²) in [6.45, 7) is 3.28. The molecule has 0 atom stereocenters. The number of nitrogens with one attached hydrogen (secondary N) is 1. The molecule has 1 aliphatic heterocycles. The van der Waals surface area contributed by atoms with Gasteiger partial charge in [0, 0.05) is 17.8 Å². The molecule has 3 rings (SSSR count). The molecule has 5 heteroatoms. The lowest BCUT2D eigenvalue weighted by Crippen LogP contribution is -2.29. The summed E-state index contributed by atoms with van der Waals surface area (Å²) in [6, 6.07) is 14.4. The number of ether oxygens (including phenoxy) is 1. The molecule has 1 saturated heterocycles. The van der Waals surface area contributed by atoms with Crippen LogP contribution < -0.4 is 5.32 Å². The summed E-state index contributed by atoms with van der Waals surface area (Å²) in [7, 11) is 1.32. The van der Waals surface area contributed by atoms with Crippen LogP contribution >= 0.6 is 0 Å². The minimum Gasteiger partial charge on any atom is -0.465 e. The zero-order chi connectivity index (χ0) is 18.4. The lowest BCUT2D eigenvalue weighted by molar-refractivity contribution is 0.0600. The molecule has 0 saturated carbocycles. The van der Waals surface area contributed by atoms with E-state index in [-0.39, 0.29) is 5.91 Å². The molecule has 1 fully saturated rings. The number of nitrogens with zero attached hydrogens (tertiary/aromatic N) is 1. The summed E-state index contributed by atoms with van der Waals surface area (Å²) < 4.78 is 4.69. The van der Waals surface area contributed by atoms with E-state index in [2.05, 4.69) is 22.3 Å². The van der Waals surface area contributed by atoms with Gasteiger partial charge < -0.3 is 10.1 Å². The van der Waals surface area contributed by atoms with Gasteiger partial charge in [0.1, 0.15) is 0 Å². The van der Waals surface area contributed by atoms with Gasteiger partial charge in [-0.1, -0.05) is 24.6 Å². The van der Waals surface area contributed by atoms with Crippen molar-refractivity contribution in [3.63, 3.8) is 0 Å². The Morgan fingerprint density at radius 1 is 1.00 bits per heavy atom. The molecule has 1 aliphatic rings. The van der Waals surface area contributed by atoms with E-state index in [1.807, 2.05) is 12.1 Å². The van der Waals surface area contributed by atoms with Crippen molar-refractivity contribution in [3.05, 3.63) is 65.2 Å². The smallest absolute Gasteiger partial charge is 0.337 e. The highest BCUT2D eigenvalue weighted by atomic mass is 16.5. The topological polar surface area (TPSA) is 58.6 Å². The first kappa shape index (κ1) is 18.1. The first-order valence-corrected chi connectivity index (χ1v) is 8.97. The number of hydrogen-bond donors (Lipinski definition) is 1. The fourth-order valence-corrected chi connectivity index (χ4v) is 3.18. The van der Waals surface area contributed by atoms with E-state index >= 15 is 0 Å². The molecule has 136 valence electrons. The Kier molecular flexibility index (Phi) is 6.02. The van der Waals surface area contributed by atoms with E-state index in [0.29, 0.717) is 11.1 Å². The molecule has 0 radical (unpaired) electrons. The van der Waals surface area contributed by atoms with Gasteiger partial charge in [0.2, 0.25) is 0 Å². The lowest BCUT2D eigenvalue weighted by Gasteiger charge is -2.26. The third-order valence-electron chi connectivity index (χ3n) is 4.61. The average Bonchev–Trinajstić information content (AvgIpc) is 2.69. The predicted molar refractivity (Wildman–Crippen MR) is 101 cm³/mol. The second kappa shape index (κ2) is 8.63. The Bertz CT molecular complexity index is 765. The standard InChI is InChI=1S/C21H24N2O3/c1-26-21(25)18-7-5-6-17(14-18)20(24)22-19-10-8-16(9-11-19)15-23-12-3-2-4-13-23/h5-11,14H,2-4,12-13,15H2,1H3,(H,22,24). The van der Waals surface area contributed by atoms with E-state index in [1.165, 1.54) is 38.0 Å². The Morgan fingerprint density at radius 3 is 2.38 bits per heavy atom. The van der Waals surface area contributed by atoms with Crippen molar-refractivity contribution in [3.8, 4) is 0 Å². The molecule has 0 spiro atoms. The van der Waals surface area contributed by atoms with Crippen molar-refractivity contribution in [2.45, 2.75) is 25.8 Å². The SMILES string of the molecule is COC(=O)c1cccc(C(=O)Nc2ccc(CN3CCCCC3)cc2)c1. The summed E-state index contributed by atoms with van der Waals surface area (Å²) >= 11 is 0. The zero-order valence-electron chi connectivity index (χ0n) is 15.0. The van der Waals surface area contributed by atoms with E-state index < -0.39 is 5.97 Å². The fourth-order valence-electron chi connectivity index (χ4n) is 3.18. The highest BCUT2D eigenvalue weighted by molar-refractivity contribution is 6.05. The van der Waals surface area contributed by atoms with E-state index in [1.54, 1.807) is 18.2 Å². The van der Waals surface area contributed by atoms with Gasteiger partial charge in [-0.15, -0.1) is 0 Å². The third kappa shape index (κ3) is 4.70. The molecular weight excluding hydrogens is 328 g/mol. The van der Waals surface area contributed by atoms with Crippen LogP contribution in [0.3, 0.4) is 0 Å². The Morgan fingerprint density at radius 2 is 1.69 bits per heavy atom. The summed E-state index contributed by atoms with van der Waals surface area (Å²) in [6.07, 6.45) is 3.89. The van der Waals surface area contributed by atoms with E-state index in [9.17, 15) is 9.59 Å². The maximum Gasteiger partial charge on any atom is 0.337 e. The van der Waals surface area contributed by atoms with E-state index in [4.69, 9.17) is 4.74 Å². The number of amides is 1. The summed E-state index contributed by atoms with van der Waals surface area (Å²) in [4.78, 5) is 26.5. The zero-order valence-corrected chi connectivity index (χ0v) is 15.0. The quantitative estimate of drug-likeness (QED) is 0.834. The summed E-state index contributed by atoms with van der Waals surface area (Å²) in [5.41, 5.74) is 2.76. The maximum atomic E-state index is 12.4. The van der Waals surface area contributed by atoms with Gasteiger partial charge >= 0.3 is 5.97 Å². The molecule has 0 aliphatic carbocycles. The van der Waals surface area contributed by atoms with Crippen LogP contribution in [0.2, 0.25) is 0 Å². The number of likely N-dealkylation sites (tertiary alicyclic amines) is 1. The minimum absolute atomic E-state index is 0.250. The van der Waals surface area contributed by atoms with Crippen LogP contribution in [-0.2, 0) is 11.3 Å². The second-order valence-electron chi connectivity index (χ2n) is 6.56. The van der Waals surface area contributed by atoms with Gasteiger partial charge in [0.15, 0.2) is 0 Å². The van der Waals surface area contributed by atoms with Gasteiger partial charge in [-0.25, -0.2) is 4.79 Å². The first-order valence-electron chi connectivity index (χ1n) is 8.97. The number of rotatable bonds is 5. The molecule has 1 N–H and O–H groups in total. The molecule has 0 unspecified atom stereocenters. The maximum absolute atomic E-state index is 12.4. The number of carbonyl (C=O) groups excluding carboxylic acids is 2. The molecule has 2 aromatic rings. The number of esters is 1. The van der Waals surface area contributed by atoms with Crippen LogP contribution in [0.4, 0.5) is 5.69 Å². The monoisotopic (exact) mass is 352 g/mol. The normalized spacial score (nSPS) is 14.7. The largest absolute Gasteiger partial charge is 0.465 e. The molecule has 26 heavy (non-hydrogen) atoms. The number of benzene rings is 2. The van der Waals surface area contributed by atoms with Gasteiger partial charge in [-0.3, -0.25) is 9.69 Å². The van der Waals surface area contributed by atoms with Crippen LogP contribution in [0.1, 0.15) is 45.5 Å². The third-order valence-corrected chi connectivity index (χ3v) is 4.61. The van der Waals surface area contributed by atoms with Crippen LogP contribution in [0, 0.1) is 0 Å². The molecular formula is C21H24N2O3. The molecule has 5 nitrogen and oxygen atoms in total. The van der Waals surface area contributed by atoms with Crippen LogP contribution in [0.25, 0.3) is 0 Å². The molecule has 2 aromatic carbocycles. The van der Waals surface area contributed by atoms with Crippen LogP contribution in [-0.4, -0.2) is 37.0 Å². The summed E-state index contributed by atoms with van der Waals surface area (Å²) in [5, 5.41) is 2.87. The molecule has 0 bridgehead atoms. The van der Waals surface area contributed by atoms with Crippen LogP contribution in [0.5, 0.6) is 0 Å². The molecule has 1 amide bonds. The second-order valence-corrected chi connectivity index (χ2v) is 6.56. The van der Waals surface area contributed by atoms with Crippen molar-refractivity contribution in [2.75, 3.05) is 25.5 Å². The van der Waals surface area contributed by atoms with Gasteiger partial charge in [-0.05, 0) is 61.8 Å². The van der Waals surface area contributed by atoms with Gasteiger partial charge in [0.25, 0.3) is 5.91 Å². The minimum atomic E-state index is -0.457. The average molecular weight is 352 g/mol. The number of piperidine rings is 1. The number of anilines is 1. The Balaban J connectivity index is 1.61. The molecule has 0 aromatic heterocycles. The van der Waals surface area contributed by atoms with Crippen molar-refractivity contribution >= 4 is 17.6 Å². The fraction of sp³-hybridized carbons (Fsp3) is 0.333. The van der Waals surface area contributed by atoms with Gasteiger partial charge in [-0.2, -0.15) is 0 Å². The van der Waals surface area contributed by atoms with Gasteiger partial charge in [0.05, 0.1) is 12.7 Å². The first-order chi connectivity index (χ1) is 12.7. The highest BCUT2D eigenvalue weighted by Crippen LogP contribution is 2.16. The van der Waals surface area contributed by atoms with Crippen LogP contribution in [0.15, 0.2) is 48.5 Å². The van der Waals surface area contributed by atoms with E-state index in [0.717, 1.165) is 25.3 Å².